The molecule has 1 heterocycles. The highest BCUT2D eigenvalue weighted by atomic mass is 16.3. The highest BCUT2D eigenvalue weighted by Gasteiger charge is 2.26. The molecule has 19 heavy (non-hydrogen) atoms. The van der Waals surface area contributed by atoms with Crippen LogP contribution in [0.5, 0.6) is 0 Å². The van der Waals surface area contributed by atoms with Gasteiger partial charge in [0.05, 0.1) is 17.8 Å². The fourth-order valence-corrected chi connectivity index (χ4v) is 2.63. The fourth-order valence-electron chi connectivity index (χ4n) is 2.63. The van der Waals surface area contributed by atoms with Crippen molar-refractivity contribution in [3.8, 4) is 0 Å². The maximum absolute atomic E-state index is 12.3. The second kappa shape index (κ2) is 5.65. The van der Waals surface area contributed by atoms with Gasteiger partial charge in [0.1, 0.15) is 5.69 Å². The smallest absolute Gasteiger partial charge is 0.268 e. The van der Waals surface area contributed by atoms with Crippen molar-refractivity contribution in [3.05, 3.63) is 18.0 Å². The molecule has 0 radical (unpaired) electrons. The van der Waals surface area contributed by atoms with Crippen molar-refractivity contribution in [2.45, 2.75) is 57.7 Å². The van der Waals surface area contributed by atoms with E-state index in [0.29, 0.717) is 11.4 Å². The second-order valence-corrected chi connectivity index (χ2v) is 5.59. The Morgan fingerprint density at radius 2 is 2.16 bits per heavy atom. The number of rotatable bonds is 3. The molecule has 1 amide bonds. The van der Waals surface area contributed by atoms with Crippen molar-refractivity contribution in [2.24, 2.45) is 0 Å². The summed E-state index contributed by atoms with van der Waals surface area (Å²) in [6, 6.07) is 1.72. The van der Waals surface area contributed by atoms with Crippen LogP contribution < -0.4 is 11.1 Å². The summed E-state index contributed by atoms with van der Waals surface area (Å²) in [5, 5.41) is 12.8. The Kier molecular flexibility index (Phi) is 4.14. The Morgan fingerprint density at radius 1 is 1.47 bits per heavy atom. The molecule has 1 aromatic rings. The van der Waals surface area contributed by atoms with E-state index >= 15 is 0 Å². The standard InChI is InChI=1S/C14H23N3O2/c1-9(2)17-8-10(15)7-12(17)14(19)16-11-5-3-4-6-13(11)18/h7-9,11,13,18H,3-6,15H2,1-2H3,(H,16,19)/t11-,13-/m1/s1. The van der Waals surface area contributed by atoms with Crippen LogP contribution in [0.25, 0.3) is 0 Å². The van der Waals surface area contributed by atoms with Gasteiger partial charge in [-0.25, -0.2) is 0 Å². The second-order valence-electron chi connectivity index (χ2n) is 5.59. The monoisotopic (exact) mass is 265 g/mol. The third-order valence-electron chi connectivity index (χ3n) is 3.70. The van der Waals surface area contributed by atoms with Crippen molar-refractivity contribution < 1.29 is 9.90 Å². The highest BCUT2D eigenvalue weighted by Crippen LogP contribution is 2.20. The Balaban J connectivity index is 2.11. The molecule has 1 aliphatic rings. The van der Waals surface area contributed by atoms with Gasteiger partial charge in [0, 0.05) is 12.2 Å². The van der Waals surface area contributed by atoms with Gasteiger partial charge in [-0.15, -0.1) is 0 Å². The molecule has 5 nitrogen and oxygen atoms in total. The number of nitrogens with two attached hydrogens (primary N) is 1. The van der Waals surface area contributed by atoms with Gasteiger partial charge < -0.3 is 20.7 Å². The summed E-state index contributed by atoms with van der Waals surface area (Å²) in [4.78, 5) is 12.3. The zero-order chi connectivity index (χ0) is 14.0. The van der Waals surface area contributed by atoms with E-state index in [0.717, 1.165) is 25.7 Å². The minimum Gasteiger partial charge on any atom is -0.397 e. The van der Waals surface area contributed by atoms with Crippen LogP contribution in [0.4, 0.5) is 5.69 Å². The molecule has 1 saturated carbocycles. The van der Waals surface area contributed by atoms with Gasteiger partial charge in [0.25, 0.3) is 5.91 Å². The Hall–Kier alpha value is -1.49. The lowest BCUT2D eigenvalue weighted by Crippen LogP contribution is -2.45. The summed E-state index contributed by atoms with van der Waals surface area (Å²) in [5.41, 5.74) is 6.91. The average molecular weight is 265 g/mol. The molecule has 5 heteroatoms. The predicted molar refractivity (Wildman–Crippen MR) is 75.0 cm³/mol. The largest absolute Gasteiger partial charge is 0.397 e. The van der Waals surface area contributed by atoms with Crippen LogP contribution in [0.1, 0.15) is 56.1 Å². The number of carbonyl (C=O) groups is 1. The van der Waals surface area contributed by atoms with Crippen molar-refractivity contribution in [1.29, 1.82) is 0 Å². The molecule has 0 aromatic carbocycles. The first-order valence-corrected chi connectivity index (χ1v) is 6.95. The zero-order valence-corrected chi connectivity index (χ0v) is 11.6. The van der Waals surface area contributed by atoms with Gasteiger partial charge in [-0.3, -0.25) is 4.79 Å². The lowest BCUT2D eigenvalue weighted by Gasteiger charge is -2.28. The van der Waals surface area contributed by atoms with Gasteiger partial charge in [-0.05, 0) is 32.8 Å². The van der Waals surface area contributed by atoms with Crippen LogP contribution >= 0.6 is 0 Å². The molecule has 0 spiro atoms. The van der Waals surface area contributed by atoms with E-state index in [-0.39, 0.29) is 18.0 Å². The number of nitrogen functional groups attached to an aromatic ring is 1. The normalized spacial score (nSPS) is 23.6. The van der Waals surface area contributed by atoms with Gasteiger partial charge >= 0.3 is 0 Å². The molecule has 1 aliphatic carbocycles. The first-order valence-electron chi connectivity index (χ1n) is 6.95. The lowest BCUT2D eigenvalue weighted by atomic mass is 9.92. The number of hydrogen-bond acceptors (Lipinski definition) is 3. The molecule has 1 aromatic heterocycles. The number of hydrogen-bond donors (Lipinski definition) is 3. The topological polar surface area (TPSA) is 80.3 Å². The first kappa shape index (κ1) is 13.9. The maximum Gasteiger partial charge on any atom is 0.268 e. The SMILES string of the molecule is CC(C)n1cc(N)cc1C(=O)N[C@@H]1CCCC[C@H]1O. The number of aliphatic hydroxyl groups is 1. The molecule has 1 fully saturated rings. The number of aliphatic hydroxyl groups excluding tert-OH is 1. The van der Waals surface area contributed by atoms with Crippen molar-refractivity contribution in [2.75, 3.05) is 5.73 Å². The molecular formula is C14H23N3O2. The fraction of sp³-hybridized carbons (Fsp3) is 0.643. The van der Waals surface area contributed by atoms with Gasteiger partial charge in [0.2, 0.25) is 0 Å². The highest BCUT2D eigenvalue weighted by molar-refractivity contribution is 5.94. The van der Waals surface area contributed by atoms with E-state index < -0.39 is 6.10 Å². The van der Waals surface area contributed by atoms with E-state index in [1.165, 1.54) is 0 Å². The summed E-state index contributed by atoms with van der Waals surface area (Å²) in [7, 11) is 0. The van der Waals surface area contributed by atoms with Crippen LogP contribution in [-0.4, -0.2) is 27.7 Å². The molecule has 2 atom stereocenters. The Bertz CT molecular complexity index is 454. The molecule has 2 rings (SSSR count). The predicted octanol–water partition coefficient (Wildman–Crippen LogP) is 1.68. The number of nitrogens with one attached hydrogen (secondary N) is 1. The minimum absolute atomic E-state index is 0.141. The number of carbonyl (C=O) groups excluding carboxylic acids is 1. The lowest BCUT2D eigenvalue weighted by molar-refractivity contribution is 0.0710. The van der Waals surface area contributed by atoms with Gasteiger partial charge in [-0.1, -0.05) is 12.8 Å². The van der Waals surface area contributed by atoms with Crippen molar-refractivity contribution in [3.63, 3.8) is 0 Å². The van der Waals surface area contributed by atoms with E-state index in [9.17, 15) is 9.90 Å². The summed E-state index contributed by atoms with van der Waals surface area (Å²) < 4.78 is 1.86. The molecule has 106 valence electrons. The number of aromatic nitrogens is 1. The van der Waals surface area contributed by atoms with E-state index in [4.69, 9.17) is 5.73 Å². The van der Waals surface area contributed by atoms with Crippen LogP contribution in [0.3, 0.4) is 0 Å². The molecule has 0 aliphatic heterocycles. The molecule has 0 unspecified atom stereocenters. The number of amides is 1. The Labute approximate surface area is 113 Å². The van der Waals surface area contributed by atoms with Crippen LogP contribution in [-0.2, 0) is 0 Å². The third kappa shape index (κ3) is 3.10. The summed E-state index contributed by atoms with van der Waals surface area (Å²) in [6.45, 7) is 4.01. The molecule has 0 saturated heterocycles. The van der Waals surface area contributed by atoms with Gasteiger partial charge in [-0.2, -0.15) is 0 Å². The van der Waals surface area contributed by atoms with Gasteiger partial charge in [0.15, 0.2) is 0 Å². The Morgan fingerprint density at radius 3 is 2.79 bits per heavy atom. The van der Waals surface area contributed by atoms with Crippen molar-refractivity contribution >= 4 is 11.6 Å². The van der Waals surface area contributed by atoms with E-state index in [2.05, 4.69) is 5.32 Å². The van der Waals surface area contributed by atoms with Crippen LogP contribution in [0.15, 0.2) is 12.3 Å². The first-order chi connectivity index (χ1) is 8.99. The molecular weight excluding hydrogens is 242 g/mol. The average Bonchev–Trinajstić information content (AvgIpc) is 2.74. The third-order valence-corrected chi connectivity index (χ3v) is 3.70. The minimum atomic E-state index is -0.433. The quantitative estimate of drug-likeness (QED) is 0.778. The van der Waals surface area contributed by atoms with Crippen LogP contribution in [0, 0.1) is 0 Å². The summed E-state index contributed by atoms with van der Waals surface area (Å²) >= 11 is 0. The summed E-state index contributed by atoms with van der Waals surface area (Å²) in [6.07, 6.45) is 5.02. The van der Waals surface area contributed by atoms with E-state index in [1.807, 2.05) is 18.4 Å². The number of nitrogens with zero attached hydrogens (tertiary/aromatic N) is 1. The van der Waals surface area contributed by atoms with Crippen molar-refractivity contribution in [1.82, 2.24) is 9.88 Å². The molecule has 4 N–H and O–H groups in total. The number of anilines is 1. The maximum atomic E-state index is 12.3. The molecule has 0 bridgehead atoms. The van der Waals surface area contributed by atoms with Crippen LogP contribution in [0.2, 0.25) is 0 Å². The van der Waals surface area contributed by atoms with E-state index in [1.54, 1.807) is 12.3 Å². The summed E-state index contributed by atoms with van der Waals surface area (Å²) in [5.74, 6) is -0.156. The zero-order valence-electron chi connectivity index (χ0n) is 11.6.